The smallest absolute Gasteiger partial charge is 0.173 e. The van der Waals surface area contributed by atoms with Crippen molar-refractivity contribution < 1.29 is 8.78 Å². The Bertz CT molecular complexity index is 1290. The van der Waals surface area contributed by atoms with Gasteiger partial charge in [0.25, 0.3) is 0 Å². The summed E-state index contributed by atoms with van der Waals surface area (Å²) < 4.78 is 29.7. The van der Waals surface area contributed by atoms with Crippen molar-refractivity contribution in [1.82, 2.24) is 9.47 Å². The van der Waals surface area contributed by atoms with Crippen LogP contribution in [0.15, 0.2) is 91.1 Å². The van der Waals surface area contributed by atoms with E-state index < -0.39 is 11.6 Å². The van der Waals surface area contributed by atoms with Crippen molar-refractivity contribution in [3.05, 3.63) is 119 Å². The zero-order valence-corrected chi connectivity index (χ0v) is 22.2. The molecule has 0 spiro atoms. The number of aromatic nitrogens is 1. The van der Waals surface area contributed by atoms with Crippen molar-refractivity contribution in [1.29, 1.82) is 0 Å². The van der Waals surface area contributed by atoms with Gasteiger partial charge in [-0.15, -0.1) is 0 Å². The van der Waals surface area contributed by atoms with E-state index in [1.54, 1.807) is 0 Å². The normalized spacial score (nSPS) is 10.8. The number of para-hydroxylation sites is 1. The molecule has 0 atom stereocenters. The molecular weight excluding hydrogens is 510 g/mol. The molecule has 3 aromatic carbocycles. The molecule has 1 heterocycles. The number of thiocarbonyl (C=S) groups is 1. The third-order valence-electron chi connectivity index (χ3n) is 6.06. The summed E-state index contributed by atoms with van der Waals surface area (Å²) in [4.78, 5) is 4.23. The SMILES string of the molecule is CN(CCCN(Cc1cccn1Cc1ccc(Cl)cc1)C(=S)Nc1cc(F)cc(F)c1)c1ccccc1. The molecule has 0 amide bonds. The Hall–Kier alpha value is -3.42. The molecule has 0 saturated heterocycles. The van der Waals surface area contributed by atoms with Crippen LogP contribution in [0.5, 0.6) is 0 Å². The maximum Gasteiger partial charge on any atom is 0.173 e. The second-order valence-electron chi connectivity index (χ2n) is 8.87. The molecule has 0 radical (unpaired) electrons. The van der Waals surface area contributed by atoms with Crippen LogP contribution in [-0.2, 0) is 13.1 Å². The van der Waals surface area contributed by atoms with Crippen LogP contribution < -0.4 is 10.2 Å². The summed E-state index contributed by atoms with van der Waals surface area (Å²) in [5.74, 6) is -1.31. The lowest BCUT2D eigenvalue weighted by Crippen LogP contribution is -2.37. The average Bonchev–Trinajstić information content (AvgIpc) is 3.31. The lowest BCUT2D eigenvalue weighted by atomic mass is 10.2. The topological polar surface area (TPSA) is 23.4 Å². The second-order valence-corrected chi connectivity index (χ2v) is 9.70. The summed E-state index contributed by atoms with van der Waals surface area (Å²) in [6, 6.07) is 25.3. The fraction of sp³-hybridized carbons (Fsp3) is 0.207. The molecule has 4 rings (SSSR count). The van der Waals surface area contributed by atoms with E-state index in [4.69, 9.17) is 23.8 Å². The molecule has 0 bridgehead atoms. The van der Waals surface area contributed by atoms with E-state index in [-0.39, 0.29) is 5.69 Å². The summed E-state index contributed by atoms with van der Waals surface area (Å²) in [6.45, 7) is 2.72. The number of rotatable bonds is 10. The van der Waals surface area contributed by atoms with Crippen LogP contribution >= 0.6 is 23.8 Å². The zero-order valence-electron chi connectivity index (χ0n) is 20.6. The van der Waals surface area contributed by atoms with Crippen molar-refractivity contribution in [2.24, 2.45) is 0 Å². The standard InChI is InChI=1S/C29H29ClF2N4S/c1-34(27-7-3-2-4-8-27)14-6-16-36(29(37)33-26-18-24(31)17-25(32)19-26)21-28-9-5-15-35(28)20-22-10-12-23(30)13-11-22/h2-5,7-13,15,17-19H,6,14,16,20-21H2,1H3,(H,33,37). The predicted molar refractivity (Wildman–Crippen MR) is 152 cm³/mol. The molecule has 0 aliphatic heterocycles. The molecule has 8 heteroatoms. The first-order valence-corrected chi connectivity index (χ1v) is 12.8. The van der Waals surface area contributed by atoms with Gasteiger partial charge in [0.1, 0.15) is 11.6 Å². The molecule has 0 saturated carbocycles. The molecule has 0 aliphatic rings. The van der Waals surface area contributed by atoms with Gasteiger partial charge >= 0.3 is 0 Å². The summed E-state index contributed by atoms with van der Waals surface area (Å²) in [6.07, 6.45) is 2.87. The van der Waals surface area contributed by atoms with Gasteiger partial charge < -0.3 is 19.7 Å². The van der Waals surface area contributed by atoms with Crippen LogP contribution in [0.1, 0.15) is 17.7 Å². The predicted octanol–water partition coefficient (Wildman–Crippen LogP) is 7.19. The fourth-order valence-corrected chi connectivity index (χ4v) is 4.52. The first kappa shape index (κ1) is 26.6. The van der Waals surface area contributed by atoms with E-state index in [2.05, 4.69) is 40.0 Å². The van der Waals surface area contributed by atoms with E-state index in [9.17, 15) is 8.78 Å². The summed E-state index contributed by atoms with van der Waals surface area (Å²) in [7, 11) is 2.06. The molecule has 0 unspecified atom stereocenters. The van der Waals surface area contributed by atoms with Gasteiger partial charge in [-0.1, -0.05) is 41.9 Å². The highest BCUT2D eigenvalue weighted by Crippen LogP contribution is 2.18. The first-order chi connectivity index (χ1) is 17.9. The van der Waals surface area contributed by atoms with Crippen molar-refractivity contribution in [2.45, 2.75) is 19.5 Å². The second kappa shape index (κ2) is 12.7. The molecule has 4 nitrogen and oxygen atoms in total. The molecule has 1 N–H and O–H groups in total. The first-order valence-electron chi connectivity index (χ1n) is 12.0. The molecular formula is C29H29ClF2N4S. The van der Waals surface area contributed by atoms with E-state index in [0.717, 1.165) is 36.0 Å². The summed E-state index contributed by atoms with van der Waals surface area (Å²) in [5.41, 5.74) is 3.63. The van der Waals surface area contributed by atoms with Gasteiger partial charge in [0, 0.05) is 61.0 Å². The number of benzene rings is 3. The van der Waals surface area contributed by atoms with Crippen LogP contribution in [0, 0.1) is 11.6 Å². The van der Waals surface area contributed by atoms with E-state index >= 15 is 0 Å². The number of anilines is 2. The lowest BCUT2D eigenvalue weighted by Gasteiger charge is -2.28. The molecule has 192 valence electrons. The van der Waals surface area contributed by atoms with Crippen molar-refractivity contribution in [3.63, 3.8) is 0 Å². The van der Waals surface area contributed by atoms with Crippen LogP contribution in [0.3, 0.4) is 0 Å². The third kappa shape index (κ3) is 7.78. The summed E-state index contributed by atoms with van der Waals surface area (Å²) in [5, 5.41) is 4.13. The van der Waals surface area contributed by atoms with E-state index in [1.165, 1.54) is 12.1 Å². The van der Waals surface area contributed by atoms with Crippen molar-refractivity contribution in [2.75, 3.05) is 30.4 Å². The number of hydrogen-bond acceptors (Lipinski definition) is 2. The monoisotopic (exact) mass is 538 g/mol. The molecule has 1 aromatic heterocycles. The minimum absolute atomic E-state index is 0.283. The fourth-order valence-electron chi connectivity index (χ4n) is 4.12. The lowest BCUT2D eigenvalue weighted by molar-refractivity contribution is 0.399. The van der Waals surface area contributed by atoms with Crippen LogP contribution in [0.25, 0.3) is 0 Å². The minimum Gasteiger partial charge on any atom is -0.375 e. The maximum atomic E-state index is 13.8. The van der Waals surface area contributed by atoms with Gasteiger partial charge in [-0.3, -0.25) is 0 Å². The van der Waals surface area contributed by atoms with E-state index in [1.807, 2.05) is 59.6 Å². The Kier molecular flexibility index (Phi) is 9.14. The number of hydrogen-bond donors (Lipinski definition) is 1. The van der Waals surface area contributed by atoms with Gasteiger partial charge in [0.15, 0.2) is 5.11 Å². The van der Waals surface area contributed by atoms with Gasteiger partial charge in [0.2, 0.25) is 0 Å². The van der Waals surface area contributed by atoms with Crippen LogP contribution in [-0.4, -0.2) is 34.7 Å². The largest absolute Gasteiger partial charge is 0.375 e. The number of nitrogens with one attached hydrogen (secondary N) is 1. The van der Waals surface area contributed by atoms with Gasteiger partial charge in [-0.05, 0) is 72.7 Å². The third-order valence-corrected chi connectivity index (χ3v) is 6.67. The highest BCUT2D eigenvalue weighted by atomic mass is 35.5. The maximum absolute atomic E-state index is 13.8. The molecule has 37 heavy (non-hydrogen) atoms. The van der Waals surface area contributed by atoms with Gasteiger partial charge in [0.05, 0.1) is 6.54 Å². The van der Waals surface area contributed by atoms with Crippen molar-refractivity contribution >= 4 is 40.3 Å². The average molecular weight is 539 g/mol. The van der Waals surface area contributed by atoms with Gasteiger partial charge in [-0.25, -0.2) is 8.78 Å². The number of halogens is 3. The quantitative estimate of drug-likeness (QED) is 0.216. The van der Waals surface area contributed by atoms with Crippen LogP contribution in [0.2, 0.25) is 5.02 Å². The minimum atomic E-state index is -0.654. The summed E-state index contributed by atoms with van der Waals surface area (Å²) >= 11 is 11.7. The Labute approximate surface area is 227 Å². The van der Waals surface area contributed by atoms with Crippen LogP contribution in [0.4, 0.5) is 20.2 Å². The molecule has 4 aromatic rings. The number of nitrogens with zero attached hydrogens (tertiary/aromatic N) is 3. The van der Waals surface area contributed by atoms with Crippen molar-refractivity contribution in [3.8, 4) is 0 Å². The van der Waals surface area contributed by atoms with E-state index in [0.29, 0.717) is 29.8 Å². The Balaban J connectivity index is 1.47. The Morgan fingerprint density at radius 1 is 0.919 bits per heavy atom. The Morgan fingerprint density at radius 3 is 2.32 bits per heavy atom. The molecule has 0 fully saturated rings. The highest BCUT2D eigenvalue weighted by molar-refractivity contribution is 7.80. The zero-order chi connectivity index (χ0) is 26.2. The molecule has 0 aliphatic carbocycles. The van der Waals surface area contributed by atoms with Gasteiger partial charge in [-0.2, -0.15) is 0 Å². The highest BCUT2D eigenvalue weighted by Gasteiger charge is 2.15. The Morgan fingerprint density at radius 2 is 1.62 bits per heavy atom.